The molecule has 0 amide bonds. The summed E-state index contributed by atoms with van der Waals surface area (Å²) in [5, 5.41) is 0. The second-order valence-electron chi connectivity index (χ2n) is 17.8. The van der Waals surface area contributed by atoms with Crippen molar-refractivity contribution in [3.05, 3.63) is 22.8 Å². The highest BCUT2D eigenvalue weighted by atomic mass is 16.8. The quantitative estimate of drug-likeness (QED) is 0.286. The van der Waals surface area contributed by atoms with Gasteiger partial charge in [0.1, 0.15) is 12.2 Å². The van der Waals surface area contributed by atoms with Crippen molar-refractivity contribution in [2.75, 3.05) is 0 Å². The number of hydrogen-bond acceptors (Lipinski definition) is 8. The first-order chi connectivity index (χ1) is 24.2. The van der Waals surface area contributed by atoms with Crippen molar-refractivity contribution in [3.8, 4) is 0 Å². The van der Waals surface area contributed by atoms with Crippen LogP contribution >= 0.6 is 0 Å². The predicted molar refractivity (Wildman–Crippen MR) is 182 cm³/mol. The second kappa shape index (κ2) is 13.2. The average molecular weight is 695 g/mol. The number of hydrogen-bond donors (Lipinski definition) is 0. The fourth-order valence-corrected chi connectivity index (χ4v) is 11.9. The first-order valence-electron chi connectivity index (χ1n) is 20.3. The zero-order chi connectivity index (χ0) is 34.1. The van der Waals surface area contributed by atoms with Gasteiger partial charge in [0.25, 0.3) is 0 Å². The van der Waals surface area contributed by atoms with Crippen LogP contribution in [0.15, 0.2) is 0 Å². The number of nitrogens with zero attached hydrogens (tertiary/aromatic N) is 2. The fourth-order valence-electron chi connectivity index (χ4n) is 11.9. The molecule has 4 bridgehead atoms. The molecule has 4 saturated carbocycles. The molecule has 10 rings (SSSR count). The summed E-state index contributed by atoms with van der Waals surface area (Å²) in [4.78, 5) is 7.30. The van der Waals surface area contributed by atoms with E-state index in [0.29, 0.717) is 0 Å². The van der Waals surface area contributed by atoms with Gasteiger partial charge in [-0.05, 0) is 51.4 Å². The zero-order valence-corrected chi connectivity index (χ0v) is 30.2. The van der Waals surface area contributed by atoms with Crippen molar-refractivity contribution in [1.29, 1.82) is 0 Å². The summed E-state index contributed by atoms with van der Waals surface area (Å²) in [5.74, 6) is -0.694. The van der Waals surface area contributed by atoms with E-state index in [9.17, 15) is 0 Å². The number of fused-ring (bicyclic) bond motifs is 6. The molecule has 6 aliphatic heterocycles. The van der Waals surface area contributed by atoms with Gasteiger partial charge in [-0.2, -0.15) is 0 Å². The Hall–Kier alpha value is -1.34. The number of ether oxygens (including phenoxy) is 8. The van der Waals surface area contributed by atoms with E-state index in [0.717, 1.165) is 89.9 Å². The van der Waals surface area contributed by atoms with Crippen LogP contribution in [-0.2, 0) is 37.9 Å². The Morgan fingerprint density at radius 3 is 1.32 bits per heavy atom. The Morgan fingerprint density at radius 2 is 0.920 bits per heavy atom. The van der Waals surface area contributed by atoms with E-state index in [4.69, 9.17) is 51.0 Å². The second-order valence-corrected chi connectivity index (χ2v) is 17.8. The molecule has 10 aliphatic rings. The molecule has 0 aromatic heterocycles. The van der Waals surface area contributed by atoms with Crippen molar-refractivity contribution in [2.45, 2.75) is 238 Å². The van der Waals surface area contributed by atoms with Gasteiger partial charge in [-0.25, -0.2) is 13.1 Å². The third-order valence-corrected chi connectivity index (χ3v) is 14.1. The van der Waals surface area contributed by atoms with E-state index in [1.165, 1.54) is 38.5 Å². The summed E-state index contributed by atoms with van der Waals surface area (Å²) in [6.45, 7) is 18.4. The molecule has 10 nitrogen and oxygen atoms in total. The summed E-state index contributed by atoms with van der Waals surface area (Å²) >= 11 is 0. The maximum Gasteiger partial charge on any atom is 0.223 e. The molecule has 5 unspecified atom stereocenters. The van der Waals surface area contributed by atoms with Gasteiger partial charge < -0.3 is 47.6 Å². The van der Waals surface area contributed by atoms with E-state index in [2.05, 4.69) is 9.69 Å². The third-order valence-electron chi connectivity index (χ3n) is 14.1. The van der Waals surface area contributed by atoms with Gasteiger partial charge in [0, 0.05) is 78.1 Å². The molecule has 0 aromatic rings. The molecule has 6 saturated heterocycles. The highest BCUT2D eigenvalue weighted by molar-refractivity contribution is 5.14. The van der Waals surface area contributed by atoms with Crippen LogP contribution in [0, 0.1) is 13.1 Å². The summed E-state index contributed by atoms with van der Waals surface area (Å²) < 4.78 is 52.1. The molecule has 4 spiro atoms. The molecule has 50 heavy (non-hydrogen) atoms. The van der Waals surface area contributed by atoms with E-state index < -0.39 is 0 Å². The van der Waals surface area contributed by atoms with Gasteiger partial charge in [0.2, 0.25) is 12.1 Å². The molecule has 276 valence electrons. The Labute approximate surface area is 298 Å². The molecule has 0 aromatic carbocycles. The van der Waals surface area contributed by atoms with Crippen LogP contribution < -0.4 is 0 Å². The van der Waals surface area contributed by atoms with E-state index in [-0.39, 0.29) is 95.9 Å². The van der Waals surface area contributed by atoms with Gasteiger partial charge in [-0.3, -0.25) is 0 Å². The first-order valence-corrected chi connectivity index (χ1v) is 20.3. The normalized spacial score (nSPS) is 48.6. The maximum atomic E-state index is 7.23. The maximum absolute atomic E-state index is 7.23. The number of rotatable bonds is 4. The topological polar surface area (TPSA) is 82.6 Å². The summed E-state index contributed by atoms with van der Waals surface area (Å²) in [6, 6.07) is 0.0629. The minimum absolute atomic E-state index is 0.0315. The van der Waals surface area contributed by atoms with Gasteiger partial charge in [-0.1, -0.05) is 12.8 Å². The molecular formula is C40H58N2O8. The largest absolute Gasteiger partial charge is 0.369 e. The highest BCUT2D eigenvalue weighted by Gasteiger charge is 2.67. The van der Waals surface area contributed by atoms with Crippen LogP contribution in [0.2, 0.25) is 0 Å². The monoisotopic (exact) mass is 694 g/mol. The molecule has 6 heterocycles. The molecular weight excluding hydrogens is 636 g/mol. The van der Waals surface area contributed by atoms with Crippen molar-refractivity contribution in [3.63, 3.8) is 0 Å². The van der Waals surface area contributed by atoms with Crippen LogP contribution in [0.4, 0.5) is 0 Å². The Bertz CT molecular complexity index is 1240. The first kappa shape index (κ1) is 34.4. The third kappa shape index (κ3) is 6.06. The van der Waals surface area contributed by atoms with E-state index in [1.54, 1.807) is 0 Å². The highest BCUT2D eigenvalue weighted by Crippen LogP contribution is 2.57. The summed E-state index contributed by atoms with van der Waals surface area (Å²) in [5.41, 5.74) is -0.417. The van der Waals surface area contributed by atoms with Crippen LogP contribution in [0.1, 0.15) is 142 Å². The molecule has 10 fully saturated rings. The molecule has 14 atom stereocenters. The molecule has 4 aliphatic carbocycles. The molecule has 0 N–H and O–H groups in total. The van der Waals surface area contributed by atoms with Crippen LogP contribution in [-0.4, -0.2) is 95.9 Å². The Morgan fingerprint density at radius 1 is 0.520 bits per heavy atom. The van der Waals surface area contributed by atoms with Gasteiger partial charge in [-0.15, -0.1) is 0 Å². The van der Waals surface area contributed by atoms with Gasteiger partial charge >= 0.3 is 0 Å². The van der Waals surface area contributed by atoms with Crippen LogP contribution in [0.25, 0.3) is 9.69 Å². The molecule has 10 heteroatoms. The van der Waals surface area contributed by atoms with Crippen LogP contribution in [0.3, 0.4) is 0 Å². The van der Waals surface area contributed by atoms with Gasteiger partial charge in [0.15, 0.2) is 11.6 Å². The van der Waals surface area contributed by atoms with Crippen molar-refractivity contribution < 1.29 is 37.9 Å². The lowest BCUT2D eigenvalue weighted by atomic mass is 9.76. The summed E-state index contributed by atoms with van der Waals surface area (Å²) in [6.07, 6.45) is 22.2. The van der Waals surface area contributed by atoms with E-state index in [1.807, 2.05) is 13.8 Å². The van der Waals surface area contributed by atoms with Crippen molar-refractivity contribution >= 4 is 0 Å². The lowest BCUT2D eigenvalue weighted by Crippen LogP contribution is -2.53. The Balaban J connectivity index is 0.000000135. The minimum Gasteiger partial charge on any atom is -0.369 e. The minimum atomic E-state index is -0.347. The average Bonchev–Trinajstić information content (AvgIpc) is 3.83. The predicted octanol–water partition coefficient (Wildman–Crippen LogP) is 7.22. The lowest BCUT2D eigenvalue weighted by molar-refractivity contribution is -0.216. The fraction of sp³-hybridized carbons (Fsp3) is 0.950. The Kier molecular flexibility index (Phi) is 9.09. The standard InChI is InChI=1S/2C20H29NO4/c2*1-13(21-2)10-14-6-7-17-19(23-14)11-15(22-17)18-16(12-19)24-20(25-18)8-4-3-5-9-20/h2*13-18H,3-12H2,1H3/t13?,14-,15-,16-,17+,18?,19?;13-,14-,15-,16-,17+,18?,19?/m11/s1. The van der Waals surface area contributed by atoms with Crippen molar-refractivity contribution in [2.24, 2.45) is 0 Å². The molecule has 0 radical (unpaired) electrons. The van der Waals surface area contributed by atoms with E-state index >= 15 is 0 Å². The summed E-state index contributed by atoms with van der Waals surface area (Å²) in [7, 11) is 0. The zero-order valence-electron chi connectivity index (χ0n) is 30.2. The van der Waals surface area contributed by atoms with Crippen LogP contribution in [0.5, 0.6) is 0 Å². The SMILES string of the molecule is [C-]#[N+]C(C)C[C@H]1CC[C@@H]2O[C@@H]3CC2(C[C@H]2OC4(CCCCC4)OC32)O1.[C-]#[N+][C@H](C)C[C@H]1CC[C@@H]2O[C@@H]3CC2(C[C@H]2OC4(CCCCC4)OC32)O1. The van der Waals surface area contributed by atoms with Gasteiger partial charge in [0.05, 0.1) is 60.0 Å². The smallest absolute Gasteiger partial charge is 0.223 e. The lowest BCUT2D eigenvalue weighted by Gasteiger charge is -2.44. The van der Waals surface area contributed by atoms with Crippen molar-refractivity contribution in [1.82, 2.24) is 0 Å².